The van der Waals surface area contributed by atoms with Gasteiger partial charge in [-0.1, -0.05) is 0 Å². The van der Waals surface area contributed by atoms with Crippen molar-refractivity contribution < 1.29 is 14.7 Å². The second-order valence-corrected chi connectivity index (χ2v) is 4.00. The third-order valence-electron chi connectivity index (χ3n) is 2.10. The molecule has 14 heavy (non-hydrogen) atoms. The van der Waals surface area contributed by atoms with Crippen LogP contribution < -0.4 is 0 Å². The molecule has 2 aromatic rings. The number of thiophene rings is 1. The van der Waals surface area contributed by atoms with Crippen LogP contribution in [0.2, 0.25) is 0 Å². The van der Waals surface area contributed by atoms with Gasteiger partial charge in [-0.25, -0.2) is 4.79 Å². The van der Waals surface area contributed by atoms with Gasteiger partial charge in [0.05, 0.1) is 15.9 Å². The fourth-order valence-corrected chi connectivity index (χ4v) is 2.32. The van der Waals surface area contributed by atoms with Gasteiger partial charge in [-0.2, -0.15) is 0 Å². The SMILES string of the molecule is Cn1c(C=O)cc2sc(C(=O)O)cc21. The van der Waals surface area contributed by atoms with Crippen LogP contribution in [0, 0.1) is 0 Å². The summed E-state index contributed by atoms with van der Waals surface area (Å²) in [6.07, 6.45) is 0.757. The molecule has 0 saturated heterocycles. The Kier molecular flexibility index (Phi) is 1.89. The minimum atomic E-state index is -0.932. The van der Waals surface area contributed by atoms with E-state index in [0.29, 0.717) is 10.6 Å². The number of aromatic carboxylic acids is 1. The first-order valence-electron chi connectivity index (χ1n) is 3.91. The van der Waals surface area contributed by atoms with Crippen molar-refractivity contribution in [2.45, 2.75) is 0 Å². The predicted octanol–water partition coefficient (Wildman–Crippen LogP) is 1.75. The molecule has 0 radical (unpaired) electrons. The van der Waals surface area contributed by atoms with E-state index in [0.717, 1.165) is 16.5 Å². The van der Waals surface area contributed by atoms with Crippen molar-refractivity contribution in [3.8, 4) is 0 Å². The second kappa shape index (κ2) is 2.95. The molecular formula is C9H7NO3S. The molecule has 0 aliphatic rings. The summed E-state index contributed by atoms with van der Waals surface area (Å²) in [6, 6.07) is 3.27. The van der Waals surface area contributed by atoms with Gasteiger partial charge in [0.25, 0.3) is 0 Å². The first kappa shape index (κ1) is 8.96. The van der Waals surface area contributed by atoms with Crippen LogP contribution in [0.25, 0.3) is 10.2 Å². The predicted molar refractivity (Wildman–Crippen MR) is 53.1 cm³/mol. The maximum atomic E-state index is 10.7. The number of aromatic nitrogens is 1. The second-order valence-electron chi connectivity index (χ2n) is 2.91. The van der Waals surface area contributed by atoms with Gasteiger partial charge < -0.3 is 9.67 Å². The Bertz CT molecular complexity index is 523. The molecule has 0 bridgehead atoms. The topological polar surface area (TPSA) is 59.3 Å². The molecule has 1 N–H and O–H groups in total. The zero-order valence-electron chi connectivity index (χ0n) is 7.35. The number of aryl methyl sites for hydroxylation is 1. The highest BCUT2D eigenvalue weighted by atomic mass is 32.1. The van der Waals surface area contributed by atoms with E-state index in [9.17, 15) is 9.59 Å². The number of hydrogen-bond donors (Lipinski definition) is 1. The van der Waals surface area contributed by atoms with Crippen molar-refractivity contribution in [3.63, 3.8) is 0 Å². The molecule has 5 heteroatoms. The first-order chi connectivity index (χ1) is 6.63. The summed E-state index contributed by atoms with van der Waals surface area (Å²) in [6.45, 7) is 0. The van der Waals surface area contributed by atoms with Crippen molar-refractivity contribution in [1.29, 1.82) is 0 Å². The van der Waals surface area contributed by atoms with Crippen LogP contribution in [0.3, 0.4) is 0 Å². The lowest BCUT2D eigenvalue weighted by Crippen LogP contribution is -1.94. The summed E-state index contributed by atoms with van der Waals surface area (Å²) < 4.78 is 2.51. The molecule has 2 aromatic heterocycles. The normalized spacial score (nSPS) is 10.6. The quantitative estimate of drug-likeness (QED) is 0.766. The van der Waals surface area contributed by atoms with E-state index in [-0.39, 0.29) is 0 Å². The molecule has 0 saturated carbocycles. The highest BCUT2D eigenvalue weighted by Crippen LogP contribution is 2.27. The van der Waals surface area contributed by atoms with Crippen molar-refractivity contribution >= 4 is 33.8 Å². The standard InChI is InChI=1S/C9H7NO3S/c1-10-5(4-11)2-7-6(10)3-8(14-7)9(12)13/h2-4H,1H3,(H,12,13). The molecule has 0 spiro atoms. The van der Waals surface area contributed by atoms with Crippen LogP contribution in [-0.4, -0.2) is 21.9 Å². The van der Waals surface area contributed by atoms with Crippen LogP contribution in [0.15, 0.2) is 12.1 Å². The fourth-order valence-electron chi connectivity index (χ4n) is 1.35. The molecule has 0 aliphatic heterocycles. The number of aldehydes is 1. The molecule has 2 heterocycles. The van der Waals surface area contributed by atoms with Gasteiger partial charge in [-0.05, 0) is 12.1 Å². The Labute approximate surface area is 83.4 Å². The van der Waals surface area contributed by atoms with Crippen LogP contribution in [0.1, 0.15) is 20.2 Å². The van der Waals surface area contributed by atoms with E-state index >= 15 is 0 Å². The highest BCUT2D eigenvalue weighted by molar-refractivity contribution is 7.20. The average Bonchev–Trinajstić information content (AvgIpc) is 2.66. The number of hydrogen-bond acceptors (Lipinski definition) is 3. The Morgan fingerprint density at radius 3 is 2.79 bits per heavy atom. The zero-order valence-corrected chi connectivity index (χ0v) is 8.17. The van der Waals surface area contributed by atoms with E-state index in [1.54, 1.807) is 23.7 Å². The minimum Gasteiger partial charge on any atom is -0.477 e. The lowest BCUT2D eigenvalue weighted by molar-refractivity contribution is 0.0702. The minimum absolute atomic E-state index is 0.294. The largest absolute Gasteiger partial charge is 0.477 e. The Balaban J connectivity index is 2.70. The number of carboxylic acids is 1. The Morgan fingerprint density at radius 2 is 2.29 bits per heavy atom. The molecule has 0 atom stereocenters. The fraction of sp³-hybridized carbons (Fsp3) is 0.111. The van der Waals surface area contributed by atoms with Crippen LogP contribution in [-0.2, 0) is 7.05 Å². The smallest absolute Gasteiger partial charge is 0.345 e. The molecule has 4 nitrogen and oxygen atoms in total. The van der Waals surface area contributed by atoms with E-state index in [1.807, 2.05) is 0 Å². The van der Waals surface area contributed by atoms with E-state index in [4.69, 9.17) is 5.11 Å². The van der Waals surface area contributed by atoms with Crippen LogP contribution in [0.4, 0.5) is 0 Å². The van der Waals surface area contributed by atoms with Gasteiger partial charge >= 0.3 is 5.97 Å². The Hall–Kier alpha value is -1.62. The third kappa shape index (κ3) is 1.13. The van der Waals surface area contributed by atoms with E-state index in [1.165, 1.54) is 11.3 Å². The lowest BCUT2D eigenvalue weighted by Gasteiger charge is -1.93. The summed E-state index contributed by atoms with van der Waals surface area (Å²) in [5.74, 6) is -0.932. The van der Waals surface area contributed by atoms with Gasteiger partial charge in [0, 0.05) is 7.05 Å². The molecule has 0 fully saturated rings. The molecular weight excluding hydrogens is 202 g/mol. The summed E-state index contributed by atoms with van der Waals surface area (Å²) in [4.78, 5) is 21.5. The third-order valence-corrected chi connectivity index (χ3v) is 3.16. The van der Waals surface area contributed by atoms with Gasteiger partial charge in [-0.3, -0.25) is 4.79 Å². The van der Waals surface area contributed by atoms with Crippen molar-refractivity contribution in [2.75, 3.05) is 0 Å². The van der Waals surface area contributed by atoms with E-state index < -0.39 is 5.97 Å². The van der Waals surface area contributed by atoms with Gasteiger partial charge in [0.1, 0.15) is 4.88 Å². The van der Waals surface area contributed by atoms with Crippen LogP contribution >= 0.6 is 11.3 Å². The molecule has 2 rings (SSSR count). The molecule has 0 unspecified atom stereocenters. The average molecular weight is 209 g/mol. The number of carbonyl (C=O) groups excluding carboxylic acids is 1. The number of fused-ring (bicyclic) bond motifs is 1. The van der Waals surface area contributed by atoms with Crippen LogP contribution in [0.5, 0.6) is 0 Å². The number of nitrogens with zero attached hydrogens (tertiary/aromatic N) is 1. The molecule has 0 aliphatic carbocycles. The van der Waals surface area contributed by atoms with Crippen molar-refractivity contribution in [3.05, 3.63) is 22.7 Å². The monoisotopic (exact) mass is 209 g/mol. The van der Waals surface area contributed by atoms with Crippen molar-refractivity contribution in [2.24, 2.45) is 7.05 Å². The van der Waals surface area contributed by atoms with Crippen molar-refractivity contribution in [1.82, 2.24) is 4.57 Å². The highest BCUT2D eigenvalue weighted by Gasteiger charge is 2.12. The summed E-state index contributed by atoms with van der Waals surface area (Å²) >= 11 is 1.18. The van der Waals surface area contributed by atoms with Gasteiger partial charge in [0.2, 0.25) is 0 Å². The number of carbonyl (C=O) groups is 2. The zero-order chi connectivity index (χ0) is 10.3. The lowest BCUT2D eigenvalue weighted by atomic mass is 10.4. The first-order valence-corrected chi connectivity index (χ1v) is 4.73. The number of rotatable bonds is 2. The number of carboxylic acid groups (broad SMARTS) is 1. The van der Waals surface area contributed by atoms with E-state index in [2.05, 4.69) is 0 Å². The summed E-state index contributed by atoms with van der Waals surface area (Å²) in [7, 11) is 1.74. The summed E-state index contributed by atoms with van der Waals surface area (Å²) in [5.41, 5.74) is 1.35. The Morgan fingerprint density at radius 1 is 1.57 bits per heavy atom. The molecule has 0 amide bonds. The molecule has 0 aromatic carbocycles. The van der Waals surface area contributed by atoms with Gasteiger partial charge in [0.15, 0.2) is 6.29 Å². The van der Waals surface area contributed by atoms with Gasteiger partial charge in [-0.15, -0.1) is 11.3 Å². The maximum absolute atomic E-state index is 10.7. The summed E-state index contributed by atoms with van der Waals surface area (Å²) in [5, 5.41) is 8.75. The maximum Gasteiger partial charge on any atom is 0.345 e. The molecule has 72 valence electrons.